The predicted octanol–water partition coefficient (Wildman–Crippen LogP) is 1.41. The molecule has 0 radical (unpaired) electrons. The highest BCUT2D eigenvalue weighted by Crippen LogP contribution is 2.27. The predicted molar refractivity (Wildman–Crippen MR) is 97.2 cm³/mol. The van der Waals surface area contributed by atoms with E-state index >= 15 is 0 Å². The molecule has 1 aliphatic rings. The number of nitrogens with zero attached hydrogens (tertiary/aromatic N) is 4. The molecule has 7 heteroatoms. The van der Waals surface area contributed by atoms with Crippen LogP contribution in [0.3, 0.4) is 0 Å². The summed E-state index contributed by atoms with van der Waals surface area (Å²) in [6, 6.07) is 1.79. The van der Waals surface area contributed by atoms with Gasteiger partial charge in [0.25, 0.3) is 11.5 Å². The van der Waals surface area contributed by atoms with Gasteiger partial charge < -0.3 is 14.2 Å². The molecule has 0 saturated carbocycles. The summed E-state index contributed by atoms with van der Waals surface area (Å²) in [5.41, 5.74) is 2.03. The van der Waals surface area contributed by atoms with Gasteiger partial charge in [-0.05, 0) is 25.5 Å². The van der Waals surface area contributed by atoms with E-state index in [0.717, 1.165) is 5.69 Å². The molecular formula is C19H24N4O3. The minimum atomic E-state index is -0.306. The molecule has 0 bridgehead atoms. The van der Waals surface area contributed by atoms with Gasteiger partial charge >= 0.3 is 0 Å². The van der Waals surface area contributed by atoms with E-state index < -0.39 is 0 Å². The molecule has 0 atom stereocenters. The second kappa shape index (κ2) is 6.99. The number of pyridine rings is 1. The van der Waals surface area contributed by atoms with Crippen molar-refractivity contribution in [2.75, 3.05) is 26.8 Å². The third-order valence-corrected chi connectivity index (χ3v) is 4.62. The third-order valence-electron chi connectivity index (χ3n) is 4.62. The van der Waals surface area contributed by atoms with E-state index in [4.69, 9.17) is 4.74 Å². The zero-order chi connectivity index (χ0) is 18.9. The lowest BCUT2D eigenvalue weighted by molar-refractivity contribution is -0.109. The Kier molecular flexibility index (Phi) is 4.91. The van der Waals surface area contributed by atoms with Crippen LogP contribution >= 0.6 is 0 Å². The minimum absolute atomic E-state index is 0.0381. The Morgan fingerprint density at radius 1 is 1.31 bits per heavy atom. The largest absolute Gasteiger partial charge is 0.380 e. The molecule has 1 aliphatic heterocycles. The number of aryl methyl sites for hydroxylation is 2. The molecule has 2 aromatic heterocycles. The van der Waals surface area contributed by atoms with E-state index in [1.165, 1.54) is 4.57 Å². The minimum Gasteiger partial charge on any atom is -0.380 e. The van der Waals surface area contributed by atoms with Gasteiger partial charge in [-0.3, -0.25) is 19.6 Å². The molecule has 2 aromatic rings. The van der Waals surface area contributed by atoms with Crippen molar-refractivity contribution in [2.24, 2.45) is 5.41 Å². The van der Waals surface area contributed by atoms with Crippen LogP contribution in [0.2, 0.25) is 0 Å². The van der Waals surface area contributed by atoms with E-state index in [-0.39, 0.29) is 29.0 Å². The van der Waals surface area contributed by atoms with Gasteiger partial charge in [0, 0.05) is 31.4 Å². The van der Waals surface area contributed by atoms with Crippen molar-refractivity contribution in [2.45, 2.75) is 27.3 Å². The van der Waals surface area contributed by atoms with Crippen molar-refractivity contribution in [3.05, 3.63) is 57.5 Å². The average Bonchev–Trinajstić information content (AvgIpc) is 2.57. The number of rotatable bonds is 5. The molecule has 0 unspecified atom stereocenters. The molecular weight excluding hydrogens is 332 g/mol. The van der Waals surface area contributed by atoms with E-state index in [0.29, 0.717) is 31.0 Å². The standard InChI is InChI=1S/C19H24N4O3/c1-13-5-6-23(9-15-8-20-14(2)7-21-15)18(25)16(13)17(24)22(4)10-19(3)11-26-12-19/h5-8H,9-12H2,1-4H3. The highest BCUT2D eigenvalue weighted by atomic mass is 16.5. The van der Waals surface area contributed by atoms with Crippen LogP contribution in [0.15, 0.2) is 29.5 Å². The van der Waals surface area contributed by atoms with Crippen LogP contribution in [0.4, 0.5) is 0 Å². The van der Waals surface area contributed by atoms with Crippen LogP contribution in [-0.4, -0.2) is 52.1 Å². The molecule has 7 nitrogen and oxygen atoms in total. The van der Waals surface area contributed by atoms with Crippen molar-refractivity contribution in [1.82, 2.24) is 19.4 Å². The summed E-state index contributed by atoms with van der Waals surface area (Å²) < 4.78 is 6.75. The van der Waals surface area contributed by atoms with Crippen molar-refractivity contribution in [3.8, 4) is 0 Å². The third kappa shape index (κ3) is 3.67. The van der Waals surface area contributed by atoms with Crippen LogP contribution in [0.25, 0.3) is 0 Å². The number of hydrogen-bond donors (Lipinski definition) is 0. The number of ether oxygens (including phenoxy) is 1. The van der Waals surface area contributed by atoms with Gasteiger partial charge in [0.1, 0.15) is 5.56 Å². The quantitative estimate of drug-likeness (QED) is 0.810. The molecule has 0 aliphatic carbocycles. The van der Waals surface area contributed by atoms with E-state index in [1.807, 2.05) is 6.92 Å². The smallest absolute Gasteiger partial charge is 0.264 e. The Bertz CT molecular complexity index is 869. The van der Waals surface area contributed by atoms with Gasteiger partial charge in [-0.25, -0.2) is 0 Å². The Morgan fingerprint density at radius 3 is 2.62 bits per heavy atom. The lowest BCUT2D eigenvalue weighted by atomic mass is 9.88. The summed E-state index contributed by atoms with van der Waals surface area (Å²) in [5, 5.41) is 0. The molecule has 3 heterocycles. The molecule has 0 aromatic carbocycles. The van der Waals surface area contributed by atoms with Crippen LogP contribution in [0.1, 0.15) is 34.2 Å². The van der Waals surface area contributed by atoms with Gasteiger partial charge in [-0.15, -0.1) is 0 Å². The first kappa shape index (κ1) is 18.3. The van der Waals surface area contributed by atoms with Gasteiger partial charge in [-0.2, -0.15) is 0 Å². The zero-order valence-corrected chi connectivity index (χ0v) is 15.7. The summed E-state index contributed by atoms with van der Waals surface area (Å²) >= 11 is 0. The lowest BCUT2D eigenvalue weighted by Gasteiger charge is -2.40. The highest BCUT2D eigenvalue weighted by Gasteiger charge is 2.36. The van der Waals surface area contributed by atoms with Crippen LogP contribution in [-0.2, 0) is 11.3 Å². The second-order valence-corrected chi connectivity index (χ2v) is 7.42. The number of aromatic nitrogens is 3. The topological polar surface area (TPSA) is 77.3 Å². The monoisotopic (exact) mass is 356 g/mol. The van der Waals surface area contributed by atoms with Crippen LogP contribution in [0, 0.1) is 19.3 Å². The maximum absolute atomic E-state index is 12.9. The Labute approximate surface area is 152 Å². The molecule has 26 heavy (non-hydrogen) atoms. The summed E-state index contributed by atoms with van der Waals surface area (Å²) in [6.45, 7) is 7.82. The Morgan fingerprint density at radius 2 is 2.04 bits per heavy atom. The fraction of sp³-hybridized carbons (Fsp3) is 0.474. The summed E-state index contributed by atoms with van der Waals surface area (Å²) in [4.78, 5) is 35.9. The normalized spacial score (nSPS) is 15.4. The van der Waals surface area contributed by atoms with Crippen LogP contribution in [0.5, 0.6) is 0 Å². The van der Waals surface area contributed by atoms with E-state index in [1.54, 1.807) is 43.5 Å². The van der Waals surface area contributed by atoms with E-state index in [9.17, 15) is 9.59 Å². The SMILES string of the molecule is Cc1cnc(Cn2ccc(C)c(C(=O)N(C)CC3(C)COC3)c2=O)cn1. The summed E-state index contributed by atoms with van der Waals surface area (Å²) in [6.07, 6.45) is 5.00. The Balaban J connectivity index is 1.85. The first-order chi connectivity index (χ1) is 12.3. The van der Waals surface area contributed by atoms with Gasteiger partial charge in [0.05, 0.1) is 37.3 Å². The fourth-order valence-electron chi connectivity index (χ4n) is 3.10. The van der Waals surface area contributed by atoms with Gasteiger partial charge in [0.2, 0.25) is 0 Å². The molecule has 1 fully saturated rings. The summed E-state index contributed by atoms with van der Waals surface area (Å²) in [5.74, 6) is -0.259. The lowest BCUT2D eigenvalue weighted by Crippen LogP contribution is -2.50. The Hall–Kier alpha value is -2.54. The van der Waals surface area contributed by atoms with Crippen molar-refractivity contribution in [3.63, 3.8) is 0 Å². The van der Waals surface area contributed by atoms with Crippen molar-refractivity contribution >= 4 is 5.91 Å². The van der Waals surface area contributed by atoms with Crippen molar-refractivity contribution in [1.29, 1.82) is 0 Å². The maximum atomic E-state index is 12.9. The maximum Gasteiger partial charge on any atom is 0.264 e. The van der Waals surface area contributed by atoms with Crippen LogP contribution < -0.4 is 5.56 Å². The molecule has 0 spiro atoms. The number of amides is 1. The first-order valence-corrected chi connectivity index (χ1v) is 8.60. The molecule has 1 saturated heterocycles. The fourth-order valence-corrected chi connectivity index (χ4v) is 3.10. The number of carbonyl (C=O) groups is 1. The number of carbonyl (C=O) groups excluding carboxylic acids is 1. The van der Waals surface area contributed by atoms with Gasteiger partial charge in [-0.1, -0.05) is 6.92 Å². The van der Waals surface area contributed by atoms with Crippen molar-refractivity contribution < 1.29 is 9.53 Å². The number of hydrogen-bond acceptors (Lipinski definition) is 5. The molecule has 0 N–H and O–H groups in total. The summed E-state index contributed by atoms with van der Waals surface area (Å²) in [7, 11) is 1.73. The van der Waals surface area contributed by atoms with E-state index in [2.05, 4.69) is 16.9 Å². The molecule has 3 rings (SSSR count). The molecule has 138 valence electrons. The average molecular weight is 356 g/mol. The second-order valence-electron chi connectivity index (χ2n) is 7.42. The van der Waals surface area contributed by atoms with Gasteiger partial charge in [0.15, 0.2) is 0 Å². The highest BCUT2D eigenvalue weighted by molar-refractivity contribution is 5.95. The molecule has 1 amide bonds. The first-order valence-electron chi connectivity index (χ1n) is 8.60. The zero-order valence-electron chi connectivity index (χ0n) is 15.7.